The summed E-state index contributed by atoms with van der Waals surface area (Å²) in [6.07, 6.45) is 0. The Bertz CT molecular complexity index is 172. The average molecular weight is 403 g/mol. The van der Waals surface area contributed by atoms with Crippen LogP contribution in [-0.4, -0.2) is 48.3 Å². The Hall–Kier alpha value is 0.771. The van der Waals surface area contributed by atoms with Crippen molar-refractivity contribution < 1.29 is 41.8 Å². The molecule has 0 aliphatic heterocycles. The summed E-state index contributed by atoms with van der Waals surface area (Å²) in [7, 11) is -1.67. The molecule has 4 nitrogen and oxygen atoms in total. The minimum atomic E-state index is -1.67. The molecule has 0 heterocycles. The van der Waals surface area contributed by atoms with Gasteiger partial charge in [0.25, 0.3) is 0 Å². The summed E-state index contributed by atoms with van der Waals surface area (Å²) in [5, 5.41) is 24.4. The van der Waals surface area contributed by atoms with Gasteiger partial charge in [-0.2, -0.15) is 0 Å². The Balaban J connectivity index is -0.0000000677. The van der Waals surface area contributed by atoms with E-state index in [1.54, 1.807) is 0 Å². The van der Waals surface area contributed by atoms with Crippen molar-refractivity contribution in [1.29, 1.82) is 0 Å². The summed E-state index contributed by atoms with van der Waals surface area (Å²) >= 11 is 0. The van der Waals surface area contributed by atoms with Gasteiger partial charge in [0.05, 0.1) is 0 Å². The number of aliphatic hydroxyl groups is 3. The van der Waals surface area contributed by atoms with Gasteiger partial charge in [-0.05, 0) is 35.9 Å². The van der Waals surface area contributed by atoms with E-state index >= 15 is 0 Å². The molecule has 0 aliphatic rings. The molecule has 4 N–H and O–H groups in total. The zero-order valence-corrected chi connectivity index (χ0v) is 20.3. The van der Waals surface area contributed by atoms with E-state index in [-0.39, 0.29) is 21.7 Å². The Morgan fingerprint density at radius 2 is 0.708 bits per heavy atom. The van der Waals surface area contributed by atoms with Gasteiger partial charge in [-0.1, -0.05) is 62.3 Å². The molecule has 0 aromatic carbocycles. The van der Waals surface area contributed by atoms with Crippen LogP contribution in [0.15, 0.2) is 0 Å². The summed E-state index contributed by atoms with van der Waals surface area (Å²) in [4.78, 5) is 9.58. The Morgan fingerprint density at radius 3 is 0.708 bits per heavy atom. The van der Waals surface area contributed by atoms with Crippen molar-refractivity contribution in [3.63, 3.8) is 0 Å². The second kappa shape index (κ2) is 26.0. The third-order valence-corrected chi connectivity index (χ3v) is 7.02. The summed E-state index contributed by atoms with van der Waals surface area (Å²) in [6.45, 7) is 19.0. The van der Waals surface area contributed by atoms with E-state index in [1.165, 1.54) is 0 Å². The topological polar surface area (TPSA) is 80.9 Å². The van der Waals surface area contributed by atoms with Crippen LogP contribution >= 0.6 is 0 Å². The van der Waals surface area contributed by atoms with E-state index in [0.29, 0.717) is 37.6 Å². The van der Waals surface area contributed by atoms with Gasteiger partial charge in [-0.25, -0.2) is 0 Å². The number of hydrogen-bond donors (Lipinski definition) is 4. The molecule has 0 unspecified atom stereocenters. The maximum absolute atomic E-state index is 9.58. The van der Waals surface area contributed by atoms with Gasteiger partial charge < -0.3 is 20.1 Å². The van der Waals surface area contributed by atoms with Gasteiger partial charge in [-0.3, -0.25) is 0 Å². The molecule has 0 saturated heterocycles. The maximum atomic E-state index is 9.58. The molecule has 0 spiro atoms. The quantitative estimate of drug-likeness (QED) is 0.508. The SMILES string of the molecule is CC(C)CO.CC(C)CO.CC(C)CO.CC[Si](O)(CC)CC.[Ti]. The number of aliphatic hydroxyl groups excluding tert-OH is 3. The van der Waals surface area contributed by atoms with Gasteiger partial charge in [0.15, 0.2) is 8.32 Å². The van der Waals surface area contributed by atoms with Gasteiger partial charge in [0.1, 0.15) is 0 Å². The van der Waals surface area contributed by atoms with Crippen LogP contribution < -0.4 is 0 Å². The molecule has 0 atom stereocenters. The second-order valence-corrected chi connectivity index (χ2v) is 11.6. The normalized spacial score (nSPS) is 10.0. The van der Waals surface area contributed by atoms with Crippen LogP contribution in [0.1, 0.15) is 62.3 Å². The molecule has 0 aliphatic carbocycles. The molecule has 24 heavy (non-hydrogen) atoms. The van der Waals surface area contributed by atoms with Gasteiger partial charge in [-0.15, -0.1) is 0 Å². The molecule has 0 radical (unpaired) electrons. The minimum absolute atomic E-state index is 0. The first-order chi connectivity index (χ1) is 10.5. The van der Waals surface area contributed by atoms with E-state index in [2.05, 4.69) is 20.8 Å². The van der Waals surface area contributed by atoms with Crippen LogP contribution in [0.4, 0.5) is 0 Å². The zero-order chi connectivity index (χ0) is 19.5. The van der Waals surface area contributed by atoms with Gasteiger partial charge in [0, 0.05) is 41.5 Å². The molecule has 0 bridgehead atoms. The third kappa shape index (κ3) is 43.4. The van der Waals surface area contributed by atoms with Crippen LogP contribution in [-0.2, 0) is 21.7 Å². The van der Waals surface area contributed by atoms with Crippen LogP contribution in [0.5, 0.6) is 0 Å². The van der Waals surface area contributed by atoms with Crippen molar-refractivity contribution in [3.8, 4) is 0 Å². The molecule has 0 fully saturated rings. The number of rotatable bonds is 6. The summed E-state index contributed by atoms with van der Waals surface area (Å²) in [6, 6.07) is 3.04. The van der Waals surface area contributed by atoms with Gasteiger partial charge >= 0.3 is 0 Å². The fraction of sp³-hybridized carbons (Fsp3) is 1.00. The van der Waals surface area contributed by atoms with Crippen molar-refractivity contribution in [1.82, 2.24) is 0 Å². The molecule has 0 saturated carbocycles. The van der Waals surface area contributed by atoms with E-state index in [9.17, 15) is 4.80 Å². The van der Waals surface area contributed by atoms with Crippen molar-refractivity contribution in [2.45, 2.75) is 80.4 Å². The minimum Gasteiger partial charge on any atom is -0.432 e. The molecule has 0 rings (SSSR count). The van der Waals surface area contributed by atoms with Crippen LogP contribution in [0.25, 0.3) is 0 Å². The Kier molecular flexibility index (Phi) is 38.8. The summed E-state index contributed by atoms with van der Waals surface area (Å²) < 4.78 is 0. The zero-order valence-electron chi connectivity index (χ0n) is 17.8. The van der Waals surface area contributed by atoms with Crippen LogP contribution in [0.3, 0.4) is 0 Å². The summed E-state index contributed by atoms with van der Waals surface area (Å²) in [5.41, 5.74) is 0. The molecule has 0 amide bonds. The smallest absolute Gasteiger partial charge is 0.187 e. The largest absolute Gasteiger partial charge is 0.432 e. The first kappa shape index (κ1) is 35.8. The van der Waals surface area contributed by atoms with E-state index in [0.717, 1.165) is 18.1 Å². The molecule has 150 valence electrons. The van der Waals surface area contributed by atoms with Crippen molar-refractivity contribution in [3.05, 3.63) is 0 Å². The van der Waals surface area contributed by atoms with E-state index in [1.807, 2.05) is 41.5 Å². The first-order valence-corrected chi connectivity index (χ1v) is 11.6. The first-order valence-electron chi connectivity index (χ1n) is 9.04. The summed E-state index contributed by atoms with van der Waals surface area (Å²) in [5.74, 6) is 1.32. The third-order valence-electron chi connectivity index (χ3n) is 3.07. The van der Waals surface area contributed by atoms with Gasteiger partial charge in [0.2, 0.25) is 0 Å². The Labute approximate surface area is 168 Å². The number of hydrogen-bond acceptors (Lipinski definition) is 4. The monoisotopic (exact) mass is 402 g/mol. The second-order valence-electron chi connectivity index (χ2n) is 7.01. The van der Waals surface area contributed by atoms with Crippen LogP contribution in [0, 0.1) is 17.8 Å². The van der Waals surface area contributed by atoms with Crippen molar-refractivity contribution in [2.24, 2.45) is 17.8 Å². The Morgan fingerprint density at radius 1 is 0.583 bits per heavy atom. The average Bonchev–Trinajstić information content (AvgIpc) is 2.55. The molecular weight excluding hydrogens is 356 g/mol. The predicted octanol–water partition coefficient (Wildman–Crippen LogP) is 3.89. The molecular formula is C18H46O4SiTi. The molecule has 6 heteroatoms. The van der Waals surface area contributed by atoms with E-state index < -0.39 is 8.32 Å². The molecule has 0 aromatic rings. The van der Waals surface area contributed by atoms with E-state index in [4.69, 9.17) is 15.3 Å². The maximum Gasteiger partial charge on any atom is 0.187 e. The predicted molar refractivity (Wildman–Crippen MR) is 105 cm³/mol. The van der Waals surface area contributed by atoms with Crippen molar-refractivity contribution >= 4 is 8.32 Å². The fourth-order valence-corrected chi connectivity index (χ4v) is 2.25. The fourth-order valence-electron chi connectivity index (χ4n) is 0.750. The van der Waals surface area contributed by atoms with Crippen LogP contribution in [0.2, 0.25) is 18.1 Å². The standard InChI is InChI=1S/C6H16OSi.3C4H10O.Ti/c1-4-8(7,5-2)6-3;3*1-4(2)3-5;/h7H,4-6H2,1-3H3;3*4-5H,3H2,1-2H3;. The molecule has 0 aromatic heterocycles. The van der Waals surface area contributed by atoms with Crippen molar-refractivity contribution in [2.75, 3.05) is 19.8 Å².